The molecule has 1 aromatic heterocycles. The minimum Gasteiger partial charge on any atom is -0.370 e. The van der Waals surface area contributed by atoms with E-state index < -0.39 is 0 Å². The Hall–Kier alpha value is -1.74. The number of hydrogen-bond acceptors (Lipinski definition) is 3. The van der Waals surface area contributed by atoms with Crippen LogP contribution < -0.4 is 10.2 Å². The van der Waals surface area contributed by atoms with Gasteiger partial charge in [0, 0.05) is 19.3 Å². The lowest BCUT2D eigenvalue weighted by atomic mass is 10.2. The predicted octanol–water partition coefficient (Wildman–Crippen LogP) is 4.50. The lowest BCUT2D eigenvalue weighted by molar-refractivity contribution is 0.877. The molecule has 4 heteroatoms. The van der Waals surface area contributed by atoms with E-state index >= 15 is 0 Å². The number of pyridine rings is 1. The molecule has 0 aliphatic carbocycles. The van der Waals surface area contributed by atoms with Gasteiger partial charge < -0.3 is 10.2 Å². The van der Waals surface area contributed by atoms with Crippen molar-refractivity contribution in [1.82, 2.24) is 4.98 Å². The Kier molecular flexibility index (Phi) is 5.45. The van der Waals surface area contributed by atoms with Gasteiger partial charge in [-0.1, -0.05) is 36.7 Å². The lowest BCUT2D eigenvalue weighted by Crippen LogP contribution is -2.19. The Bertz CT molecular complexity index is 598. The van der Waals surface area contributed by atoms with Crippen LogP contribution in [0.1, 0.15) is 24.6 Å². The highest BCUT2D eigenvalue weighted by atomic mass is 35.5. The van der Waals surface area contributed by atoms with Crippen LogP contribution in [0.2, 0.25) is 5.02 Å². The van der Waals surface area contributed by atoms with E-state index in [0.717, 1.165) is 24.5 Å². The maximum atomic E-state index is 6.28. The molecule has 3 nitrogen and oxygen atoms in total. The number of hydrogen-bond donors (Lipinski definition) is 1. The average molecular weight is 304 g/mol. The van der Waals surface area contributed by atoms with Gasteiger partial charge in [-0.3, -0.25) is 0 Å². The fourth-order valence-electron chi connectivity index (χ4n) is 2.25. The third kappa shape index (κ3) is 4.11. The van der Waals surface area contributed by atoms with E-state index in [0.29, 0.717) is 11.6 Å². The van der Waals surface area contributed by atoms with Gasteiger partial charge in [-0.2, -0.15) is 0 Å². The number of anilines is 2. The van der Waals surface area contributed by atoms with Gasteiger partial charge in [-0.15, -0.1) is 0 Å². The van der Waals surface area contributed by atoms with Gasteiger partial charge in [0.25, 0.3) is 0 Å². The molecule has 1 heterocycles. The zero-order valence-corrected chi connectivity index (χ0v) is 13.6. The molecular formula is C17H22ClN3. The Labute approximate surface area is 132 Å². The van der Waals surface area contributed by atoms with Crippen molar-refractivity contribution in [3.63, 3.8) is 0 Å². The zero-order chi connectivity index (χ0) is 15.2. The summed E-state index contributed by atoms with van der Waals surface area (Å²) in [6.07, 6.45) is 1.07. The highest BCUT2D eigenvalue weighted by Gasteiger charge is 2.09. The first kappa shape index (κ1) is 15.6. The number of rotatable bonds is 6. The monoisotopic (exact) mass is 303 g/mol. The first-order chi connectivity index (χ1) is 10.1. The van der Waals surface area contributed by atoms with E-state index in [1.165, 1.54) is 11.3 Å². The molecule has 0 atom stereocenters. The van der Waals surface area contributed by atoms with Crippen LogP contribution in [-0.4, -0.2) is 18.6 Å². The molecular weight excluding hydrogens is 282 g/mol. The largest absolute Gasteiger partial charge is 0.370 e. The quantitative estimate of drug-likeness (QED) is 0.851. The highest BCUT2D eigenvalue weighted by Crippen LogP contribution is 2.23. The molecule has 1 N–H and O–H groups in total. The van der Waals surface area contributed by atoms with Crippen LogP contribution in [0.3, 0.4) is 0 Å². The number of aryl methyl sites for hydroxylation is 1. The normalized spacial score (nSPS) is 10.5. The summed E-state index contributed by atoms with van der Waals surface area (Å²) in [6.45, 7) is 5.85. The minimum atomic E-state index is 0.686. The Balaban J connectivity index is 2.16. The maximum absolute atomic E-state index is 6.28. The zero-order valence-electron chi connectivity index (χ0n) is 12.9. The van der Waals surface area contributed by atoms with Crippen molar-refractivity contribution in [1.29, 1.82) is 0 Å². The SMILES string of the molecule is CCCNc1ccc(Cl)c(CN(C)c2ccccc2C)n1. The van der Waals surface area contributed by atoms with Crippen LogP contribution in [0.25, 0.3) is 0 Å². The summed E-state index contributed by atoms with van der Waals surface area (Å²) >= 11 is 6.28. The van der Waals surface area contributed by atoms with Crippen molar-refractivity contribution in [2.45, 2.75) is 26.8 Å². The molecule has 0 spiro atoms. The van der Waals surface area contributed by atoms with E-state index in [1.807, 2.05) is 24.3 Å². The second-order valence-corrected chi connectivity index (χ2v) is 5.60. The second kappa shape index (κ2) is 7.32. The first-order valence-corrected chi connectivity index (χ1v) is 7.65. The van der Waals surface area contributed by atoms with Crippen molar-refractivity contribution in [2.75, 3.05) is 23.8 Å². The number of aromatic nitrogens is 1. The third-order valence-electron chi connectivity index (χ3n) is 3.39. The summed E-state index contributed by atoms with van der Waals surface area (Å²) in [6, 6.07) is 12.2. The number of benzene rings is 1. The first-order valence-electron chi connectivity index (χ1n) is 7.28. The molecule has 21 heavy (non-hydrogen) atoms. The summed E-state index contributed by atoms with van der Waals surface area (Å²) in [5.41, 5.74) is 3.34. The van der Waals surface area contributed by atoms with Gasteiger partial charge in [-0.25, -0.2) is 4.98 Å². The van der Waals surface area contributed by atoms with E-state index in [2.05, 4.69) is 48.2 Å². The van der Waals surface area contributed by atoms with Gasteiger partial charge in [-0.05, 0) is 37.1 Å². The van der Waals surface area contributed by atoms with E-state index in [9.17, 15) is 0 Å². The molecule has 1 aromatic carbocycles. The van der Waals surface area contributed by atoms with Crippen molar-refractivity contribution < 1.29 is 0 Å². The summed E-state index contributed by atoms with van der Waals surface area (Å²) < 4.78 is 0. The molecule has 0 saturated heterocycles. The van der Waals surface area contributed by atoms with Crippen LogP contribution in [0.4, 0.5) is 11.5 Å². The maximum Gasteiger partial charge on any atom is 0.126 e. The van der Waals surface area contributed by atoms with Crippen molar-refractivity contribution in [2.24, 2.45) is 0 Å². The summed E-state index contributed by atoms with van der Waals surface area (Å²) in [5, 5.41) is 4.00. The highest BCUT2D eigenvalue weighted by molar-refractivity contribution is 6.31. The number of nitrogens with one attached hydrogen (secondary N) is 1. The van der Waals surface area contributed by atoms with Crippen LogP contribution in [-0.2, 0) is 6.54 Å². The fourth-order valence-corrected chi connectivity index (χ4v) is 2.41. The van der Waals surface area contributed by atoms with E-state index in [-0.39, 0.29) is 0 Å². The Morgan fingerprint density at radius 3 is 2.67 bits per heavy atom. The number of nitrogens with zero attached hydrogens (tertiary/aromatic N) is 2. The van der Waals surface area contributed by atoms with E-state index in [1.54, 1.807) is 0 Å². The number of para-hydroxylation sites is 1. The lowest BCUT2D eigenvalue weighted by Gasteiger charge is -2.21. The van der Waals surface area contributed by atoms with Gasteiger partial charge in [0.2, 0.25) is 0 Å². The smallest absolute Gasteiger partial charge is 0.126 e. The molecule has 0 radical (unpaired) electrons. The summed E-state index contributed by atoms with van der Waals surface area (Å²) in [7, 11) is 2.06. The summed E-state index contributed by atoms with van der Waals surface area (Å²) in [5.74, 6) is 0.884. The van der Waals surface area contributed by atoms with Crippen molar-refractivity contribution in [3.05, 3.63) is 52.7 Å². The Morgan fingerprint density at radius 2 is 1.95 bits per heavy atom. The van der Waals surface area contributed by atoms with Gasteiger partial charge in [0.15, 0.2) is 0 Å². The molecule has 2 aromatic rings. The second-order valence-electron chi connectivity index (χ2n) is 5.19. The van der Waals surface area contributed by atoms with Crippen molar-refractivity contribution >= 4 is 23.1 Å². The molecule has 2 rings (SSSR count). The summed E-state index contributed by atoms with van der Waals surface area (Å²) in [4.78, 5) is 6.79. The van der Waals surface area contributed by atoms with Crippen LogP contribution >= 0.6 is 11.6 Å². The fraction of sp³-hybridized carbons (Fsp3) is 0.353. The van der Waals surface area contributed by atoms with Crippen LogP contribution in [0.5, 0.6) is 0 Å². The number of halogens is 1. The van der Waals surface area contributed by atoms with Gasteiger partial charge >= 0.3 is 0 Å². The van der Waals surface area contributed by atoms with Crippen LogP contribution in [0, 0.1) is 6.92 Å². The third-order valence-corrected chi connectivity index (χ3v) is 3.73. The van der Waals surface area contributed by atoms with Gasteiger partial charge in [0.05, 0.1) is 17.3 Å². The molecule has 0 fully saturated rings. The van der Waals surface area contributed by atoms with Crippen molar-refractivity contribution in [3.8, 4) is 0 Å². The van der Waals surface area contributed by atoms with E-state index in [4.69, 9.17) is 11.6 Å². The molecule has 0 aliphatic rings. The molecule has 0 amide bonds. The van der Waals surface area contributed by atoms with Gasteiger partial charge in [0.1, 0.15) is 5.82 Å². The molecule has 0 saturated carbocycles. The molecule has 0 unspecified atom stereocenters. The molecule has 112 valence electrons. The minimum absolute atomic E-state index is 0.686. The Morgan fingerprint density at radius 1 is 1.19 bits per heavy atom. The average Bonchev–Trinajstić information content (AvgIpc) is 2.48. The molecule has 0 bridgehead atoms. The topological polar surface area (TPSA) is 28.2 Å². The standard InChI is InChI=1S/C17H22ClN3/c1-4-11-19-17-10-9-14(18)15(20-17)12-21(3)16-8-6-5-7-13(16)2/h5-10H,4,11-12H2,1-3H3,(H,19,20). The van der Waals surface area contributed by atoms with Crippen LogP contribution in [0.15, 0.2) is 36.4 Å². The molecule has 0 aliphatic heterocycles. The predicted molar refractivity (Wildman–Crippen MR) is 91.3 cm³/mol.